The summed E-state index contributed by atoms with van der Waals surface area (Å²) in [4.78, 5) is 16.8. The number of pyridine rings is 1. The highest BCUT2D eigenvalue weighted by Gasteiger charge is 2.08. The fourth-order valence-electron chi connectivity index (χ4n) is 1.96. The predicted octanol–water partition coefficient (Wildman–Crippen LogP) is 5.15. The number of carbonyl (C=O) groups is 1. The van der Waals surface area contributed by atoms with E-state index in [0.29, 0.717) is 27.2 Å². The Morgan fingerprint density at radius 1 is 1.26 bits per heavy atom. The smallest absolute Gasteiger partial charge is 0.265 e. The zero-order valence-corrected chi connectivity index (χ0v) is 13.8. The number of carbonyl (C=O) groups excluding carboxylic acids is 1. The van der Waals surface area contributed by atoms with Crippen LogP contribution in [0.4, 0.5) is 5.69 Å². The van der Waals surface area contributed by atoms with Gasteiger partial charge in [-0.1, -0.05) is 17.7 Å². The summed E-state index contributed by atoms with van der Waals surface area (Å²) in [6.45, 7) is 1.91. The van der Waals surface area contributed by atoms with Crippen LogP contribution in [0.15, 0.2) is 54.0 Å². The van der Waals surface area contributed by atoms with Crippen LogP contribution in [0, 0.1) is 6.92 Å². The Morgan fingerprint density at radius 2 is 2.13 bits per heavy atom. The second kappa shape index (κ2) is 6.81. The van der Waals surface area contributed by atoms with Crippen molar-refractivity contribution in [1.82, 2.24) is 4.98 Å². The number of rotatable bonds is 4. The number of nitrogens with one attached hydrogen (secondary N) is 1. The maximum atomic E-state index is 12.0. The largest absolute Gasteiger partial charge is 0.439 e. The van der Waals surface area contributed by atoms with E-state index in [1.54, 1.807) is 36.5 Å². The molecule has 0 bridgehead atoms. The van der Waals surface area contributed by atoms with Crippen LogP contribution in [-0.2, 0) is 0 Å². The Kier molecular flexibility index (Phi) is 4.60. The molecule has 0 saturated heterocycles. The monoisotopic (exact) mass is 344 g/mol. The van der Waals surface area contributed by atoms with Crippen molar-refractivity contribution in [3.8, 4) is 11.6 Å². The Labute approximate surface area is 142 Å². The number of ether oxygens (including phenoxy) is 1. The standard InChI is InChI=1S/C17H13ClN2O2S/c1-11-9-12(18)4-6-14(11)22-16-7-5-13(10-19-16)20-17(21)15-3-2-8-23-15/h2-10H,1H3,(H,20,21). The number of aromatic nitrogens is 1. The first-order valence-corrected chi connectivity index (χ1v) is 8.12. The molecule has 1 N–H and O–H groups in total. The Hall–Kier alpha value is -2.37. The van der Waals surface area contributed by atoms with Crippen LogP contribution in [0.2, 0.25) is 5.02 Å². The molecule has 2 heterocycles. The number of halogens is 1. The average Bonchev–Trinajstić information content (AvgIpc) is 3.06. The van der Waals surface area contributed by atoms with Crippen molar-refractivity contribution < 1.29 is 9.53 Å². The third kappa shape index (κ3) is 3.88. The molecule has 0 aliphatic rings. The van der Waals surface area contributed by atoms with E-state index in [0.717, 1.165) is 5.56 Å². The van der Waals surface area contributed by atoms with Gasteiger partial charge in [-0.3, -0.25) is 4.79 Å². The number of nitrogens with zero attached hydrogens (tertiary/aromatic N) is 1. The van der Waals surface area contributed by atoms with Crippen LogP contribution >= 0.6 is 22.9 Å². The van der Waals surface area contributed by atoms with Gasteiger partial charge in [-0.25, -0.2) is 4.98 Å². The zero-order valence-electron chi connectivity index (χ0n) is 12.2. The number of anilines is 1. The third-order valence-electron chi connectivity index (χ3n) is 3.09. The van der Waals surface area contributed by atoms with Crippen LogP contribution in [-0.4, -0.2) is 10.9 Å². The minimum atomic E-state index is -0.149. The molecule has 1 aromatic carbocycles. The first-order valence-electron chi connectivity index (χ1n) is 6.87. The van der Waals surface area contributed by atoms with Gasteiger partial charge in [0.2, 0.25) is 5.88 Å². The molecular weight excluding hydrogens is 332 g/mol. The second-order valence-electron chi connectivity index (χ2n) is 4.83. The highest BCUT2D eigenvalue weighted by Crippen LogP contribution is 2.26. The number of hydrogen-bond acceptors (Lipinski definition) is 4. The maximum Gasteiger partial charge on any atom is 0.265 e. The minimum Gasteiger partial charge on any atom is -0.439 e. The lowest BCUT2D eigenvalue weighted by atomic mass is 10.2. The lowest BCUT2D eigenvalue weighted by Crippen LogP contribution is -2.10. The first kappa shape index (κ1) is 15.5. The van der Waals surface area contributed by atoms with Gasteiger partial charge in [0.15, 0.2) is 0 Å². The van der Waals surface area contributed by atoms with Crippen molar-refractivity contribution in [2.45, 2.75) is 6.92 Å². The number of thiophene rings is 1. The molecular formula is C17H13ClN2O2S. The molecule has 0 fully saturated rings. The van der Waals surface area contributed by atoms with Gasteiger partial charge >= 0.3 is 0 Å². The summed E-state index contributed by atoms with van der Waals surface area (Å²) in [6.07, 6.45) is 1.56. The van der Waals surface area contributed by atoms with Crippen molar-refractivity contribution in [2.75, 3.05) is 5.32 Å². The van der Waals surface area contributed by atoms with E-state index < -0.39 is 0 Å². The molecule has 0 atom stereocenters. The predicted molar refractivity (Wildman–Crippen MR) is 92.8 cm³/mol. The topological polar surface area (TPSA) is 51.2 Å². The molecule has 0 spiro atoms. The number of hydrogen-bond donors (Lipinski definition) is 1. The molecule has 0 radical (unpaired) electrons. The third-order valence-corrected chi connectivity index (χ3v) is 4.19. The molecule has 116 valence electrons. The summed E-state index contributed by atoms with van der Waals surface area (Å²) in [6, 6.07) is 12.5. The zero-order chi connectivity index (χ0) is 16.2. The SMILES string of the molecule is Cc1cc(Cl)ccc1Oc1ccc(NC(=O)c2cccs2)cn1. The van der Waals surface area contributed by atoms with E-state index in [9.17, 15) is 4.79 Å². The highest BCUT2D eigenvalue weighted by atomic mass is 35.5. The first-order chi connectivity index (χ1) is 11.1. The van der Waals surface area contributed by atoms with Gasteiger partial charge in [-0.05, 0) is 48.2 Å². The summed E-state index contributed by atoms with van der Waals surface area (Å²) < 4.78 is 5.72. The number of benzene rings is 1. The molecule has 2 aromatic heterocycles. The van der Waals surface area contributed by atoms with Crippen molar-refractivity contribution in [1.29, 1.82) is 0 Å². The highest BCUT2D eigenvalue weighted by molar-refractivity contribution is 7.12. The molecule has 0 unspecified atom stereocenters. The van der Waals surface area contributed by atoms with Crippen molar-refractivity contribution in [2.24, 2.45) is 0 Å². The minimum absolute atomic E-state index is 0.149. The summed E-state index contributed by atoms with van der Waals surface area (Å²) >= 11 is 7.31. The van der Waals surface area contributed by atoms with E-state index in [2.05, 4.69) is 10.3 Å². The molecule has 1 amide bonds. The normalized spacial score (nSPS) is 10.3. The van der Waals surface area contributed by atoms with Crippen LogP contribution in [0.1, 0.15) is 15.2 Å². The maximum absolute atomic E-state index is 12.0. The van der Waals surface area contributed by atoms with Gasteiger partial charge < -0.3 is 10.1 Å². The molecule has 3 rings (SSSR count). The Morgan fingerprint density at radius 3 is 2.78 bits per heavy atom. The molecule has 0 saturated carbocycles. The molecule has 0 aliphatic heterocycles. The van der Waals surface area contributed by atoms with E-state index in [1.165, 1.54) is 11.3 Å². The average molecular weight is 345 g/mol. The molecule has 3 aromatic rings. The number of aryl methyl sites for hydroxylation is 1. The number of amides is 1. The van der Waals surface area contributed by atoms with Gasteiger partial charge in [0, 0.05) is 11.1 Å². The van der Waals surface area contributed by atoms with E-state index in [4.69, 9.17) is 16.3 Å². The van der Waals surface area contributed by atoms with Crippen LogP contribution in [0.5, 0.6) is 11.6 Å². The van der Waals surface area contributed by atoms with Gasteiger partial charge in [-0.15, -0.1) is 11.3 Å². The lowest BCUT2D eigenvalue weighted by molar-refractivity contribution is 0.103. The van der Waals surface area contributed by atoms with Gasteiger partial charge in [0.25, 0.3) is 5.91 Å². The second-order valence-corrected chi connectivity index (χ2v) is 6.21. The lowest BCUT2D eigenvalue weighted by Gasteiger charge is -2.09. The fourth-order valence-corrected chi connectivity index (χ4v) is 2.80. The van der Waals surface area contributed by atoms with Crippen molar-refractivity contribution in [3.05, 3.63) is 69.5 Å². The van der Waals surface area contributed by atoms with Gasteiger partial charge in [-0.2, -0.15) is 0 Å². The van der Waals surface area contributed by atoms with Crippen LogP contribution in [0.25, 0.3) is 0 Å². The van der Waals surface area contributed by atoms with Crippen LogP contribution < -0.4 is 10.1 Å². The Bertz CT molecular complexity index is 817. The molecule has 0 aliphatic carbocycles. The Balaban J connectivity index is 1.68. The molecule has 6 heteroatoms. The van der Waals surface area contributed by atoms with Gasteiger partial charge in [0.1, 0.15) is 5.75 Å². The van der Waals surface area contributed by atoms with Crippen molar-refractivity contribution in [3.63, 3.8) is 0 Å². The molecule has 23 heavy (non-hydrogen) atoms. The van der Waals surface area contributed by atoms with E-state index in [1.807, 2.05) is 24.4 Å². The van der Waals surface area contributed by atoms with Crippen molar-refractivity contribution >= 4 is 34.5 Å². The van der Waals surface area contributed by atoms with E-state index in [-0.39, 0.29) is 5.91 Å². The summed E-state index contributed by atoms with van der Waals surface area (Å²) in [5.74, 6) is 0.992. The summed E-state index contributed by atoms with van der Waals surface area (Å²) in [5.41, 5.74) is 1.54. The quantitative estimate of drug-likeness (QED) is 0.712. The summed E-state index contributed by atoms with van der Waals surface area (Å²) in [7, 11) is 0. The van der Waals surface area contributed by atoms with E-state index >= 15 is 0 Å². The molecule has 4 nitrogen and oxygen atoms in total. The van der Waals surface area contributed by atoms with Crippen LogP contribution in [0.3, 0.4) is 0 Å². The van der Waals surface area contributed by atoms with Gasteiger partial charge in [0.05, 0.1) is 16.8 Å². The summed E-state index contributed by atoms with van der Waals surface area (Å²) in [5, 5.41) is 5.31. The fraction of sp³-hybridized carbons (Fsp3) is 0.0588.